The molecule has 1 fully saturated rings. The Hall–Kier alpha value is -2.54. The van der Waals surface area contributed by atoms with Gasteiger partial charge in [0.15, 0.2) is 0 Å². The van der Waals surface area contributed by atoms with Crippen LogP contribution in [0.5, 0.6) is 0 Å². The first-order valence-corrected chi connectivity index (χ1v) is 7.86. The van der Waals surface area contributed by atoms with Crippen LogP contribution in [0.1, 0.15) is 16.7 Å². The lowest BCUT2D eigenvalue weighted by Gasteiger charge is -2.38. The molecule has 1 saturated heterocycles. The minimum absolute atomic E-state index is 0.316. The maximum Gasteiger partial charge on any atom is 0.147 e. The number of benzene rings is 2. The minimum Gasteiger partial charge on any atom is -0.368 e. The molecule has 4 heteroatoms. The van der Waals surface area contributed by atoms with Gasteiger partial charge < -0.3 is 9.80 Å². The molecule has 0 unspecified atom stereocenters. The molecule has 3 nitrogen and oxygen atoms in total. The Morgan fingerprint density at radius 3 is 2.22 bits per heavy atom. The van der Waals surface area contributed by atoms with E-state index in [1.807, 2.05) is 6.07 Å². The van der Waals surface area contributed by atoms with Crippen molar-refractivity contribution < 1.29 is 4.39 Å². The molecule has 0 aromatic heterocycles. The van der Waals surface area contributed by atoms with Crippen molar-refractivity contribution in [2.75, 3.05) is 36.0 Å². The van der Waals surface area contributed by atoms with E-state index in [0.29, 0.717) is 11.3 Å². The van der Waals surface area contributed by atoms with Crippen molar-refractivity contribution in [2.24, 2.45) is 0 Å². The molecule has 0 atom stereocenters. The van der Waals surface area contributed by atoms with Gasteiger partial charge in [-0.2, -0.15) is 5.26 Å². The molecule has 0 aliphatic carbocycles. The van der Waals surface area contributed by atoms with Gasteiger partial charge in [-0.3, -0.25) is 0 Å². The van der Waals surface area contributed by atoms with E-state index in [4.69, 9.17) is 5.26 Å². The molecule has 23 heavy (non-hydrogen) atoms. The summed E-state index contributed by atoms with van der Waals surface area (Å²) in [7, 11) is 0. The highest BCUT2D eigenvalue weighted by molar-refractivity contribution is 5.58. The number of anilines is 2. The lowest BCUT2D eigenvalue weighted by molar-refractivity contribution is 0.597. The summed E-state index contributed by atoms with van der Waals surface area (Å²) in [6.45, 7) is 7.55. The molecule has 2 aromatic carbocycles. The molecule has 1 heterocycles. The van der Waals surface area contributed by atoms with Crippen LogP contribution < -0.4 is 9.80 Å². The van der Waals surface area contributed by atoms with E-state index < -0.39 is 0 Å². The second-order valence-corrected chi connectivity index (χ2v) is 5.97. The number of nitriles is 1. The summed E-state index contributed by atoms with van der Waals surface area (Å²) in [6, 6.07) is 13.0. The van der Waals surface area contributed by atoms with Gasteiger partial charge in [-0.05, 0) is 49.2 Å². The molecule has 1 aliphatic heterocycles. The van der Waals surface area contributed by atoms with Gasteiger partial charge in [0.1, 0.15) is 5.82 Å². The number of halogens is 1. The van der Waals surface area contributed by atoms with Crippen molar-refractivity contribution in [3.8, 4) is 6.07 Å². The zero-order chi connectivity index (χ0) is 16.4. The van der Waals surface area contributed by atoms with Crippen LogP contribution in [0.15, 0.2) is 36.4 Å². The van der Waals surface area contributed by atoms with Crippen LogP contribution in [0.3, 0.4) is 0 Å². The summed E-state index contributed by atoms with van der Waals surface area (Å²) < 4.78 is 14.2. The average molecular weight is 309 g/mol. The van der Waals surface area contributed by atoms with Crippen LogP contribution in [-0.2, 0) is 0 Å². The fraction of sp³-hybridized carbons (Fsp3) is 0.316. The molecule has 2 aromatic rings. The minimum atomic E-state index is -0.316. The predicted molar refractivity (Wildman–Crippen MR) is 91.5 cm³/mol. The summed E-state index contributed by atoms with van der Waals surface area (Å²) >= 11 is 0. The topological polar surface area (TPSA) is 30.3 Å². The highest BCUT2D eigenvalue weighted by Crippen LogP contribution is 2.26. The zero-order valence-corrected chi connectivity index (χ0v) is 13.5. The van der Waals surface area contributed by atoms with Gasteiger partial charge in [0.2, 0.25) is 0 Å². The Morgan fingerprint density at radius 2 is 1.61 bits per heavy atom. The molecule has 1 aliphatic rings. The van der Waals surface area contributed by atoms with Crippen LogP contribution in [-0.4, -0.2) is 26.2 Å². The van der Waals surface area contributed by atoms with Crippen molar-refractivity contribution in [3.63, 3.8) is 0 Å². The molecule has 0 radical (unpaired) electrons. The van der Waals surface area contributed by atoms with Crippen molar-refractivity contribution in [1.29, 1.82) is 5.26 Å². The van der Waals surface area contributed by atoms with Crippen molar-refractivity contribution in [2.45, 2.75) is 13.8 Å². The second kappa shape index (κ2) is 6.29. The lowest BCUT2D eigenvalue weighted by Crippen LogP contribution is -2.47. The van der Waals surface area contributed by atoms with Gasteiger partial charge in [0.05, 0.1) is 17.3 Å². The van der Waals surface area contributed by atoms with E-state index in [0.717, 1.165) is 26.2 Å². The Kier molecular flexibility index (Phi) is 4.20. The predicted octanol–water partition coefficient (Wildman–Crippen LogP) is 3.64. The van der Waals surface area contributed by atoms with Gasteiger partial charge in [0, 0.05) is 31.9 Å². The first-order chi connectivity index (χ1) is 11.1. The highest BCUT2D eigenvalue weighted by atomic mass is 19.1. The maximum atomic E-state index is 14.2. The third kappa shape index (κ3) is 3.00. The van der Waals surface area contributed by atoms with Crippen LogP contribution >= 0.6 is 0 Å². The van der Waals surface area contributed by atoms with Gasteiger partial charge >= 0.3 is 0 Å². The van der Waals surface area contributed by atoms with Crippen LogP contribution in [0.2, 0.25) is 0 Å². The molecule has 0 spiro atoms. The molecule has 0 amide bonds. The molecule has 3 rings (SSSR count). The Balaban J connectivity index is 1.74. The van der Waals surface area contributed by atoms with E-state index in [9.17, 15) is 4.39 Å². The number of piperazine rings is 1. The summed E-state index contributed by atoms with van der Waals surface area (Å²) in [5, 5.41) is 8.84. The fourth-order valence-electron chi connectivity index (χ4n) is 3.10. The van der Waals surface area contributed by atoms with E-state index in [-0.39, 0.29) is 5.82 Å². The van der Waals surface area contributed by atoms with E-state index in [2.05, 4.69) is 41.8 Å². The van der Waals surface area contributed by atoms with Gasteiger partial charge in [-0.15, -0.1) is 0 Å². The monoisotopic (exact) mass is 309 g/mol. The summed E-state index contributed by atoms with van der Waals surface area (Å²) in [4.78, 5) is 4.42. The second-order valence-electron chi connectivity index (χ2n) is 5.97. The normalized spacial score (nSPS) is 14.7. The number of aryl methyl sites for hydroxylation is 1. The average Bonchev–Trinajstić information content (AvgIpc) is 2.57. The SMILES string of the molecule is Cc1cccc(N2CCN(c3ccc(C#N)cc3F)CC2)c1C. The molecule has 0 N–H and O–H groups in total. The first-order valence-electron chi connectivity index (χ1n) is 7.86. The van der Waals surface area contributed by atoms with Gasteiger partial charge in [0.25, 0.3) is 0 Å². The zero-order valence-electron chi connectivity index (χ0n) is 13.5. The maximum absolute atomic E-state index is 14.2. The smallest absolute Gasteiger partial charge is 0.147 e. The molecular formula is C19H20FN3. The first kappa shape index (κ1) is 15.4. The Bertz CT molecular complexity index is 756. The van der Waals surface area contributed by atoms with Crippen molar-refractivity contribution in [1.82, 2.24) is 0 Å². The number of rotatable bonds is 2. The summed E-state index contributed by atoms with van der Waals surface area (Å²) in [5.41, 5.74) is 4.82. The van der Waals surface area contributed by atoms with E-state index in [1.165, 1.54) is 22.9 Å². The number of nitrogens with zero attached hydrogens (tertiary/aromatic N) is 3. The molecule has 118 valence electrons. The largest absolute Gasteiger partial charge is 0.368 e. The van der Waals surface area contributed by atoms with E-state index >= 15 is 0 Å². The third-order valence-electron chi connectivity index (χ3n) is 4.61. The van der Waals surface area contributed by atoms with Gasteiger partial charge in [-0.1, -0.05) is 12.1 Å². The lowest BCUT2D eigenvalue weighted by atomic mass is 10.1. The summed E-state index contributed by atoms with van der Waals surface area (Å²) in [6.07, 6.45) is 0. The molecular weight excluding hydrogens is 289 g/mol. The molecule has 0 saturated carbocycles. The van der Waals surface area contributed by atoms with Crippen LogP contribution in [0.25, 0.3) is 0 Å². The summed E-state index contributed by atoms with van der Waals surface area (Å²) in [5.74, 6) is -0.316. The molecule has 0 bridgehead atoms. The highest BCUT2D eigenvalue weighted by Gasteiger charge is 2.21. The Morgan fingerprint density at radius 1 is 0.957 bits per heavy atom. The van der Waals surface area contributed by atoms with E-state index in [1.54, 1.807) is 12.1 Å². The van der Waals surface area contributed by atoms with Crippen molar-refractivity contribution >= 4 is 11.4 Å². The standard InChI is InChI=1S/C19H20FN3/c1-14-4-3-5-18(15(14)2)22-8-10-23(11-9-22)19-7-6-16(13-21)12-17(19)20/h3-7,12H,8-11H2,1-2H3. The van der Waals surface area contributed by atoms with Crippen LogP contribution in [0, 0.1) is 31.0 Å². The van der Waals surface area contributed by atoms with Crippen molar-refractivity contribution in [3.05, 3.63) is 58.9 Å². The fourth-order valence-corrected chi connectivity index (χ4v) is 3.10. The number of hydrogen-bond donors (Lipinski definition) is 0. The van der Waals surface area contributed by atoms with Gasteiger partial charge in [-0.25, -0.2) is 4.39 Å². The number of hydrogen-bond acceptors (Lipinski definition) is 3. The quantitative estimate of drug-likeness (QED) is 0.848. The Labute approximate surface area is 136 Å². The third-order valence-corrected chi connectivity index (χ3v) is 4.61. The van der Waals surface area contributed by atoms with Crippen LogP contribution in [0.4, 0.5) is 15.8 Å².